The van der Waals surface area contributed by atoms with Gasteiger partial charge in [0.1, 0.15) is 0 Å². The van der Waals surface area contributed by atoms with Crippen LogP contribution < -0.4 is 10.6 Å². The summed E-state index contributed by atoms with van der Waals surface area (Å²) in [5.74, 6) is 0. The lowest BCUT2D eigenvalue weighted by Crippen LogP contribution is -2.20. The van der Waals surface area contributed by atoms with E-state index in [2.05, 4.69) is 15.6 Å². The van der Waals surface area contributed by atoms with Crippen molar-refractivity contribution in [3.05, 3.63) is 47.5 Å². The molecule has 2 amide bonds. The number of fused-ring (bicyclic) bond motifs is 1. The van der Waals surface area contributed by atoms with Crippen LogP contribution in [0.5, 0.6) is 0 Å². The van der Waals surface area contributed by atoms with Crippen molar-refractivity contribution >= 4 is 48.8 Å². The van der Waals surface area contributed by atoms with Crippen LogP contribution in [-0.4, -0.2) is 25.7 Å². The number of para-hydroxylation sites is 1. The first-order valence-electron chi connectivity index (χ1n) is 7.49. The Balaban J connectivity index is 1.82. The predicted molar refractivity (Wildman–Crippen MR) is 101 cm³/mol. The molecule has 1 aromatic heterocycles. The van der Waals surface area contributed by atoms with E-state index in [-0.39, 0.29) is 10.4 Å². The highest BCUT2D eigenvalue weighted by Gasteiger charge is 2.14. The van der Waals surface area contributed by atoms with Gasteiger partial charge in [0.15, 0.2) is 0 Å². The Morgan fingerprint density at radius 3 is 2.40 bits per heavy atom. The molecule has 0 unspecified atom stereocenters. The Hall–Kier alpha value is -2.45. The first kappa shape index (κ1) is 17.4. The van der Waals surface area contributed by atoms with Gasteiger partial charge in [-0.05, 0) is 43.2 Å². The first-order valence-corrected chi connectivity index (χ1v) is 10.2. The van der Waals surface area contributed by atoms with Gasteiger partial charge in [0.25, 0.3) is 0 Å². The summed E-state index contributed by atoms with van der Waals surface area (Å²) >= 11 is 1.08. The zero-order valence-corrected chi connectivity index (χ0v) is 15.6. The molecule has 0 spiro atoms. The van der Waals surface area contributed by atoms with E-state index < -0.39 is 9.84 Å². The molecule has 130 valence electrons. The van der Waals surface area contributed by atoms with Crippen LogP contribution in [0.3, 0.4) is 0 Å². The van der Waals surface area contributed by atoms with Gasteiger partial charge >= 0.3 is 6.03 Å². The van der Waals surface area contributed by atoms with Gasteiger partial charge in [0.05, 0.1) is 10.2 Å². The molecule has 0 aliphatic rings. The van der Waals surface area contributed by atoms with Crippen molar-refractivity contribution in [1.29, 1.82) is 0 Å². The average Bonchev–Trinajstić information content (AvgIpc) is 2.94. The molecular weight excluding hydrogens is 358 g/mol. The van der Waals surface area contributed by atoms with Crippen molar-refractivity contribution in [1.82, 2.24) is 4.98 Å². The van der Waals surface area contributed by atoms with Gasteiger partial charge in [-0.1, -0.05) is 18.2 Å². The zero-order chi connectivity index (χ0) is 18.2. The number of hydrogen-bond donors (Lipinski definition) is 2. The maximum atomic E-state index is 12.3. The third-order valence-corrected chi connectivity index (χ3v) is 6.36. The number of carbonyl (C=O) groups is 1. The summed E-state index contributed by atoms with van der Waals surface area (Å²) in [6, 6.07) is 10.5. The van der Waals surface area contributed by atoms with Gasteiger partial charge in [-0.2, -0.15) is 0 Å². The summed E-state index contributed by atoms with van der Waals surface area (Å²) in [5.41, 5.74) is 3.89. The van der Waals surface area contributed by atoms with Gasteiger partial charge in [0, 0.05) is 17.6 Å². The number of amides is 2. The molecule has 0 aliphatic heterocycles. The van der Waals surface area contributed by atoms with Crippen LogP contribution in [0.1, 0.15) is 11.1 Å². The van der Waals surface area contributed by atoms with Crippen molar-refractivity contribution in [3.8, 4) is 0 Å². The molecule has 2 aromatic carbocycles. The van der Waals surface area contributed by atoms with Crippen LogP contribution >= 0.6 is 11.3 Å². The lowest BCUT2D eigenvalue weighted by atomic mass is 10.1. The zero-order valence-electron chi connectivity index (χ0n) is 14.0. The number of nitrogens with zero attached hydrogens (tertiary/aromatic N) is 1. The predicted octanol–water partition coefficient (Wildman–Crippen LogP) is 3.96. The molecule has 25 heavy (non-hydrogen) atoms. The number of thiazole rings is 1. The van der Waals surface area contributed by atoms with E-state index >= 15 is 0 Å². The Kier molecular flexibility index (Phi) is 4.49. The molecule has 0 saturated heterocycles. The maximum Gasteiger partial charge on any atom is 0.323 e. The summed E-state index contributed by atoms with van der Waals surface area (Å²) in [6.45, 7) is 3.86. The molecule has 0 bridgehead atoms. The fourth-order valence-corrected chi connectivity index (χ4v) is 4.30. The second kappa shape index (κ2) is 6.45. The van der Waals surface area contributed by atoms with Crippen molar-refractivity contribution < 1.29 is 13.2 Å². The molecule has 0 fully saturated rings. The number of urea groups is 1. The van der Waals surface area contributed by atoms with Crippen molar-refractivity contribution in [3.63, 3.8) is 0 Å². The number of benzene rings is 2. The van der Waals surface area contributed by atoms with E-state index in [0.717, 1.165) is 34.4 Å². The van der Waals surface area contributed by atoms with Crippen LogP contribution in [0, 0.1) is 13.8 Å². The topological polar surface area (TPSA) is 88.2 Å². The van der Waals surface area contributed by atoms with Crippen LogP contribution in [0.25, 0.3) is 10.2 Å². The molecule has 1 heterocycles. The van der Waals surface area contributed by atoms with Crippen LogP contribution in [0.15, 0.2) is 40.7 Å². The monoisotopic (exact) mass is 375 g/mol. The minimum absolute atomic E-state index is 0.0691. The first-order chi connectivity index (χ1) is 11.7. The highest BCUT2D eigenvalue weighted by molar-refractivity contribution is 7.92. The largest absolute Gasteiger partial charge is 0.323 e. The molecule has 0 aliphatic carbocycles. The van der Waals surface area contributed by atoms with E-state index in [1.165, 1.54) is 0 Å². The van der Waals surface area contributed by atoms with E-state index in [1.54, 1.807) is 18.2 Å². The van der Waals surface area contributed by atoms with E-state index in [9.17, 15) is 13.2 Å². The van der Waals surface area contributed by atoms with Crippen LogP contribution in [-0.2, 0) is 9.84 Å². The molecule has 3 aromatic rings. The summed E-state index contributed by atoms with van der Waals surface area (Å²) < 4.78 is 24.0. The Morgan fingerprint density at radius 1 is 1.08 bits per heavy atom. The number of aromatic nitrogens is 1. The van der Waals surface area contributed by atoms with Crippen molar-refractivity contribution in [2.45, 2.75) is 18.2 Å². The van der Waals surface area contributed by atoms with E-state index in [4.69, 9.17) is 0 Å². The fraction of sp³-hybridized carbons (Fsp3) is 0.176. The Labute approximate surface area is 149 Å². The fourth-order valence-electron chi connectivity index (χ4n) is 2.43. The van der Waals surface area contributed by atoms with Gasteiger partial charge in [-0.3, -0.25) is 0 Å². The average molecular weight is 375 g/mol. The second-order valence-electron chi connectivity index (χ2n) is 5.78. The number of sulfone groups is 1. The molecule has 0 atom stereocenters. The minimum Gasteiger partial charge on any atom is -0.308 e. The quantitative estimate of drug-likeness (QED) is 0.725. The highest BCUT2D eigenvalue weighted by atomic mass is 32.2. The van der Waals surface area contributed by atoms with Gasteiger partial charge in [-0.25, -0.2) is 18.2 Å². The number of aryl methyl sites for hydroxylation is 2. The summed E-state index contributed by atoms with van der Waals surface area (Å²) in [7, 11) is -3.34. The third kappa shape index (κ3) is 3.80. The lowest BCUT2D eigenvalue weighted by Gasteiger charge is -2.12. The lowest BCUT2D eigenvalue weighted by molar-refractivity contribution is 0.262. The molecular formula is C17H17N3O3S2. The normalized spacial score (nSPS) is 11.5. The summed E-state index contributed by atoms with van der Waals surface area (Å²) in [5, 5.41) is 5.61. The van der Waals surface area contributed by atoms with Crippen LogP contribution in [0.4, 0.5) is 16.2 Å². The summed E-state index contributed by atoms with van der Waals surface area (Å²) in [6.07, 6.45) is 1.13. The standard InChI is InChI=1S/C17H17N3O3S2/c1-10-5-4-6-11(2)15(10)20-16(21)18-12-7-8-13-14(9-12)24-17(19-13)25(3,22)23/h4-9H,1-3H3,(H2,18,20,21). The molecule has 0 radical (unpaired) electrons. The SMILES string of the molecule is Cc1cccc(C)c1NC(=O)Nc1ccc2nc(S(C)(=O)=O)sc2c1. The molecule has 6 nitrogen and oxygen atoms in total. The van der Waals surface area contributed by atoms with Crippen molar-refractivity contribution in [2.75, 3.05) is 16.9 Å². The number of anilines is 2. The second-order valence-corrected chi connectivity index (χ2v) is 9.00. The molecule has 2 N–H and O–H groups in total. The van der Waals surface area contributed by atoms with Gasteiger partial charge < -0.3 is 10.6 Å². The van der Waals surface area contributed by atoms with Gasteiger partial charge in [-0.15, -0.1) is 11.3 Å². The molecule has 3 rings (SSSR count). The Bertz CT molecular complexity index is 1050. The number of hydrogen-bond acceptors (Lipinski definition) is 5. The number of nitrogens with one attached hydrogen (secondary N) is 2. The van der Waals surface area contributed by atoms with Crippen molar-refractivity contribution in [2.24, 2.45) is 0 Å². The third-order valence-electron chi connectivity index (χ3n) is 3.66. The number of carbonyl (C=O) groups excluding carboxylic acids is 1. The van der Waals surface area contributed by atoms with E-state index in [1.807, 2.05) is 32.0 Å². The van der Waals surface area contributed by atoms with Crippen LogP contribution in [0.2, 0.25) is 0 Å². The molecule has 0 saturated carbocycles. The van der Waals surface area contributed by atoms with Gasteiger partial charge in [0.2, 0.25) is 14.2 Å². The smallest absolute Gasteiger partial charge is 0.308 e. The number of rotatable bonds is 3. The summed E-state index contributed by atoms with van der Waals surface area (Å²) in [4.78, 5) is 16.4. The Morgan fingerprint density at radius 2 is 1.76 bits per heavy atom. The molecule has 8 heteroatoms. The minimum atomic E-state index is -3.34. The van der Waals surface area contributed by atoms with E-state index in [0.29, 0.717) is 15.9 Å². The maximum absolute atomic E-state index is 12.3. The highest BCUT2D eigenvalue weighted by Crippen LogP contribution is 2.28.